The maximum absolute atomic E-state index is 13.4. The van der Waals surface area contributed by atoms with Crippen LogP contribution in [0, 0.1) is 0 Å². The Hall–Kier alpha value is -3.24. The number of hydrogen-bond donors (Lipinski definition) is 1. The van der Waals surface area contributed by atoms with Gasteiger partial charge in [-0.05, 0) is 42.2 Å². The minimum atomic E-state index is -0.398. The van der Waals surface area contributed by atoms with Gasteiger partial charge in [0.2, 0.25) is 5.91 Å². The fourth-order valence-electron chi connectivity index (χ4n) is 3.93. The lowest BCUT2D eigenvalue weighted by Gasteiger charge is -2.35. The summed E-state index contributed by atoms with van der Waals surface area (Å²) in [7, 11) is 0. The van der Waals surface area contributed by atoms with Crippen molar-refractivity contribution in [3.05, 3.63) is 101 Å². The molecule has 1 N–H and O–H groups in total. The van der Waals surface area contributed by atoms with Crippen LogP contribution in [0.5, 0.6) is 0 Å². The fraction of sp³-hybridized carbons (Fsp3) is 0.200. The van der Waals surface area contributed by atoms with Crippen LogP contribution in [0.3, 0.4) is 0 Å². The first-order valence-electron chi connectivity index (χ1n) is 9.89. The van der Waals surface area contributed by atoms with E-state index in [0.717, 1.165) is 25.1 Å². The Morgan fingerprint density at radius 2 is 1.62 bits per heavy atom. The van der Waals surface area contributed by atoms with Gasteiger partial charge in [0.05, 0.1) is 0 Å². The highest BCUT2D eigenvalue weighted by atomic mass is 16.2. The molecule has 4 nitrogen and oxygen atoms in total. The van der Waals surface area contributed by atoms with Crippen LogP contribution in [0.2, 0.25) is 0 Å². The third-order valence-corrected chi connectivity index (χ3v) is 5.43. The Bertz CT molecular complexity index is 1030. The number of Topliss-reactive ketones (excluding diaryl/α,β-unsaturated/α-hetero) is 1. The van der Waals surface area contributed by atoms with Crippen LogP contribution in [0.4, 0.5) is 5.69 Å². The standard InChI is InChI=1S/C25H24N2O2/c1-18(28)21-12-7-13-23(16-21)26-25(29)24(20-9-3-2-4-10-20)27-15-14-19-8-5-6-11-22(19)17-27/h2-13,16,24H,14-15,17H2,1H3,(H,26,29)/t24-/m1/s1. The number of amides is 1. The van der Waals surface area contributed by atoms with E-state index in [1.807, 2.05) is 42.5 Å². The van der Waals surface area contributed by atoms with E-state index in [1.54, 1.807) is 18.2 Å². The van der Waals surface area contributed by atoms with Crippen LogP contribution in [-0.2, 0) is 17.8 Å². The van der Waals surface area contributed by atoms with E-state index >= 15 is 0 Å². The summed E-state index contributed by atoms with van der Waals surface area (Å²) in [6, 6.07) is 25.0. The Labute approximate surface area is 171 Å². The van der Waals surface area contributed by atoms with E-state index in [0.29, 0.717) is 11.3 Å². The van der Waals surface area contributed by atoms with E-state index in [4.69, 9.17) is 0 Å². The molecule has 0 fully saturated rings. The molecule has 3 aromatic carbocycles. The zero-order chi connectivity index (χ0) is 20.2. The Balaban J connectivity index is 1.62. The van der Waals surface area contributed by atoms with Crippen molar-refractivity contribution < 1.29 is 9.59 Å². The molecule has 4 heteroatoms. The molecule has 4 rings (SSSR count). The summed E-state index contributed by atoms with van der Waals surface area (Å²) in [5.74, 6) is -0.107. The van der Waals surface area contributed by atoms with E-state index in [-0.39, 0.29) is 11.7 Å². The number of ketones is 1. The highest BCUT2D eigenvalue weighted by molar-refractivity contribution is 5.98. The molecule has 0 unspecified atom stereocenters. The molecule has 0 aromatic heterocycles. The number of nitrogens with zero attached hydrogens (tertiary/aromatic N) is 1. The molecular weight excluding hydrogens is 360 g/mol. The fourth-order valence-corrected chi connectivity index (χ4v) is 3.93. The smallest absolute Gasteiger partial charge is 0.246 e. The molecule has 29 heavy (non-hydrogen) atoms. The molecule has 0 spiro atoms. The SMILES string of the molecule is CC(=O)c1cccc(NC(=O)[C@@H](c2ccccc2)N2CCc3ccccc3C2)c1. The third kappa shape index (κ3) is 4.28. The van der Waals surface area contributed by atoms with Gasteiger partial charge in [-0.2, -0.15) is 0 Å². The summed E-state index contributed by atoms with van der Waals surface area (Å²) in [5.41, 5.74) is 4.82. The van der Waals surface area contributed by atoms with Gasteiger partial charge in [0.15, 0.2) is 5.78 Å². The van der Waals surface area contributed by atoms with Crippen LogP contribution >= 0.6 is 0 Å². The monoisotopic (exact) mass is 384 g/mol. The Kier molecular flexibility index (Phi) is 5.54. The maximum Gasteiger partial charge on any atom is 0.246 e. The molecule has 1 heterocycles. The second-order valence-electron chi connectivity index (χ2n) is 7.43. The number of benzene rings is 3. The zero-order valence-electron chi connectivity index (χ0n) is 16.5. The molecule has 146 valence electrons. The number of hydrogen-bond acceptors (Lipinski definition) is 3. The number of nitrogens with one attached hydrogen (secondary N) is 1. The molecule has 3 aromatic rings. The molecule has 0 saturated carbocycles. The van der Waals surface area contributed by atoms with Gasteiger partial charge < -0.3 is 5.32 Å². The van der Waals surface area contributed by atoms with Crippen molar-refractivity contribution in [1.82, 2.24) is 4.90 Å². The number of anilines is 1. The number of fused-ring (bicyclic) bond motifs is 1. The van der Waals surface area contributed by atoms with Crippen molar-refractivity contribution in [3.8, 4) is 0 Å². The van der Waals surface area contributed by atoms with E-state index in [1.165, 1.54) is 18.1 Å². The number of carbonyl (C=O) groups excluding carboxylic acids is 2. The van der Waals surface area contributed by atoms with Gasteiger partial charge in [0.25, 0.3) is 0 Å². The first-order valence-corrected chi connectivity index (χ1v) is 9.89. The summed E-state index contributed by atoms with van der Waals surface area (Å²) in [6.45, 7) is 3.08. The number of carbonyl (C=O) groups is 2. The van der Waals surface area contributed by atoms with E-state index < -0.39 is 6.04 Å². The predicted molar refractivity (Wildman–Crippen MR) is 115 cm³/mol. The average molecular weight is 384 g/mol. The Morgan fingerprint density at radius 3 is 2.38 bits per heavy atom. The summed E-state index contributed by atoms with van der Waals surface area (Å²) < 4.78 is 0. The molecule has 0 saturated heterocycles. The molecule has 1 atom stereocenters. The van der Waals surface area contributed by atoms with Gasteiger partial charge in [-0.1, -0.05) is 66.7 Å². The van der Waals surface area contributed by atoms with Crippen LogP contribution in [0.1, 0.15) is 40.0 Å². The largest absolute Gasteiger partial charge is 0.324 e. The molecule has 1 amide bonds. The molecule has 0 bridgehead atoms. The summed E-state index contributed by atoms with van der Waals surface area (Å²) in [4.78, 5) is 27.3. The predicted octanol–water partition coefficient (Wildman–Crippen LogP) is 4.63. The lowest BCUT2D eigenvalue weighted by molar-refractivity contribution is -0.122. The van der Waals surface area contributed by atoms with Gasteiger partial charge in [0, 0.05) is 24.3 Å². The van der Waals surface area contributed by atoms with Gasteiger partial charge in [-0.15, -0.1) is 0 Å². The maximum atomic E-state index is 13.4. The lowest BCUT2D eigenvalue weighted by atomic mass is 9.96. The van der Waals surface area contributed by atoms with E-state index in [2.05, 4.69) is 28.4 Å². The summed E-state index contributed by atoms with van der Waals surface area (Å²) >= 11 is 0. The number of rotatable bonds is 5. The van der Waals surface area contributed by atoms with Crippen molar-refractivity contribution in [2.45, 2.75) is 25.9 Å². The van der Waals surface area contributed by atoms with Crippen molar-refractivity contribution >= 4 is 17.4 Å². The lowest BCUT2D eigenvalue weighted by Crippen LogP contribution is -2.40. The van der Waals surface area contributed by atoms with Gasteiger partial charge in [0.1, 0.15) is 6.04 Å². The van der Waals surface area contributed by atoms with Crippen molar-refractivity contribution in [1.29, 1.82) is 0 Å². The first kappa shape index (κ1) is 19.1. The van der Waals surface area contributed by atoms with Crippen LogP contribution < -0.4 is 5.32 Å². The minimum Gasteiger partial charge on any atom is -0.324 e. The normalized spacial score (nSPS) is 14.7. The minimum absolute atomic E-state index is 0.0201. The van der Waals surface area contributed by atoms with Gasteiger partial charge in [-0.25, -0.2) is 0 Å². The first-order chi connectivity index (χ1) is 14.1. The third-order valence-electron chi connectivity index (χ3n) is 5.43. The van der Waals surface area contributed by atoms with Gasteiger partial charge in [-0.3, -0.25) is 14.5 Å². The molecule has 0 aliphatic carbocycles. The van der Waals surface area contributed by atoms with Crippen molar-refractivity contribution in [2.75, 3.05) is 11.9 Å². The van der Waals surface area contributed by atoms with Crippen molar-refractivity contribution in [2.24, 2.45) is 0 Å². The van der Waals surface area contributed by atoms with Crippen LogP contribution in [0.25, 0.3) is 0 Å². The van der Waals surface area contributed by atoms with Crippen molar-refractivity contribution in [3.63, 3.8) is 0 Å². The summed E-state index contributed by atoms with van der Waals surface area (Å²) in [6.07, 6.45) is 0.923. The molecule has 1 aliphatic heterocycles. The van der Waals surface area contributed by atoms with Crippen LogP contribution in [-0.4, -0.2) is 23.1 Å². The summed E-state index contributed by atoms with van der Waals surface area (Å²) in [5, 5.41) is 3.02. The average Bonchev–Trinajstić information content (AvgIpc) is 2.75. The Morgan fingerprint density at radius 1 is 0.897 bits per heavy atom. The topological polar surface area (TPSA) is 49.4 Å². The highest BCUT2D eigenvalue weighted by Gasteiger charge is 2.30. The second kappa shape index (κ2) is 8.41. The van der Waals surface area contributed by atoms with Crippen LogP contribution in [0.15, 0.2) is 78.9 Å². The zero-order valence-corrected chi connectivity index (χ0v) is 16.5. The highest BCUT2D eigenvalue weighted by Crippen LogP contribution is 2.29. The molecule has 0 radical (unpaired) electrons. The van der Waals surface area contributed by atoms with Gasteiger partial charge >= 0.3 is 0 Å². The van der Waals surface area contributed by atoms with E-state index in [9.17, 15) is 9.59 Å². The quantitative estimate of drug-likeness (QED) is 0.653. The molecular formula is C25H24N2O2. The second-order valence-corrected chi connectivity index (χ2v) is 7.43. The molecule has 1 aliphatic rings.